The number of hydrogen-bond donors (Lipinski definition) is 0. The Labute approximate surface area is 83.9 Å². The maximum atomic E-state index is 5.29. The SMILES string of the molecule is Cc1cncnc1CN1CCOCC1. The summed E-state index contributed by atoms with van der Waals surface area (Å²) in [4.78, 5) is 10.6. The van der Waals surface area contributed by atoms with Crippen LogP contribution in [0.2, 0.25) is 0 Å². The molecule has 4 heteroatoms. The summed E-state index contributed by atoms with van der Waals surface area (Å²) in [6, 6.07) is 0. The molecule has 2 heterocycles. The summed E-state index contributed by atoms with van der Waals surface area (Å²) in [5.41, 5.74) is 2.29. The molecule has 1 aromatic heterocycles. The van der Waals surface area contributed by atoms with E-state index >= 15 is 0 Å². The van der Waals surface area contributed by atoms with Crippen molar-refractivity contribution in [2.75, 3.05) is 26.3 Å². The molecule has 0 bridgehead atoms. The quantitative estimate of drug-likeness (QED) is 0.690. The van der Waals surface area contributed by atoms with E-state index in [1.54, 1.807) is 6.33 Å². The van der Waals surface area contributed by atoms with E-state index in [1.165, 1.54) is 5.56 Å². The Bertz CT molecular complexity index is 297. The molecule has 0 unspecified atom stereocenters. The summed E-state index contributed by atoms with van der Waals surface area (Å²) in [6.45, 7) is 6.65. The molecule has 4 nitrogen and oxygen atoms in total. The van der Waals surface area contributed by atoms with Crippen molar-refractivity contribution in [2.24, 2.45) is 0 Å². The van der Waals surface area contributed by atoms with Crippen molar-refractivity contribution >= 4 is 0 Å². The van der Waals surface area contributed by atoms with Gasteiger partial charge in [0.05, 0.1) is 18.9 Å². The molecular weight excluding hydrogens is 178 g/mol. The maximum Gasteiger partial charge on any atom is 0.115 e. The smallest absolute Gasteiger partial charge is 0.115 e. The predicted octanol–water partition coefficient (Wildman–Crippen LogP) is 0.617. The van der Waals surface area contributed by atoms with Gasteiger partial charge < -0.3 is 4.74 Å². The van der Waals surface area contributed by atoms with Crippen molar-refractivity contribution in [3.63, 3.8) is 0 Å². The van der Waals surface area contributed by atoms with Crippen LogP contribution >= 0.6 is 0 Å². The van der Waals surface area contributed by atoms with Crippen LogP contribution in [0.1, 0.15) is 11.3 Å². The Balaban J connectivity index is 1.99. The molecule has 1 aliphatic rings. The zero-order valence-corrected chi connectivity index (χ0v) is 8.44. The third kappa shape index (κ3) is 2.27. The lowest BCUT2D eigenvalue weighted by atomic mass is 10.2. The van der Waals surface area contributed by atoms with Crippen LogP contribution in [0.5, 0.6) is 0 Å². The molecule has 1 aromatic rings. The molecule has 2 rings (SSSR count). The second-order valence-corrected chi connectivity index (χ2v) is 3.54. The Hall–Kier alpha value is -1.00. The summed E-state index contributed by atoms with van der Waals surface area (Å²) in [7, 11) is 0. The molecule has 0 aliphatic carbocycles. The van der Waals surface area contributed by atoms with Gasteiger partial charge in [-0.05, 0) is 12.5 Å². The summed E-state index contributed by atoms with van der Waals surface area (Å²) >= 11 is 0. The van der Waals surface area contributed by atoms with Gasteiger partial charge in [0.25, 0.3) is 0 Å². The van der Waals surface area contributed by atoms with Crippen molar-refractivity contribution in [1.29, 1.82) is 0 Å². The number of nitrogens with zero attached hydrogens (tertiary/aromatic N) is 3. The summed E-state index contributed by atoms with van der Waals surface area (Å²) in [5, 5.41) is 0. The predicted molar refractivity (Wildman–Crippen MR) is 52.9 cm³/mol. The van der Waals surface area contributed by atoms with Crippen molar-refractivity contribution in [2.45, 2.75) is 13.5 Å². The number of aromatic nitrogens is 2. The molecule has 0 spiro atoms. The molecule has 14 heavy (non-hydrogen) atoms. The lowest BCUT2D eigenvalue weighted by Gasteiger charge is -2.26. The molecule has 1 fully saturated rings. The topological polar surface area (TPSA) is 38.2 Å². The highest BCUT2D eigenvalue weighted by atomic mass is 16.5. The van der Waals surface area contributed by atoms with Crippen molar-refractivity contribution in [3.8, 4) is 0 Å². The van der Waals surface area contributed by atoms with E-state index in [2.05, 4.69) is 21.8 Å². The van der Waals surface area contributed by atoms with E-state index in [4.69, 9.17) is 4.74 Å². The number of ether oxygens (including phenoxy) is 1. The molecule has 0 aromatic carbocycles. The van der Waals surface area contributed by atoms with Crippen LogP contribution in [-0.4, -0.2) is 41.2 Å². The highest BCUT2D eigenvalue weighted by Gasteiger charge is 2.12. The van der Waals surface area contributed by atoms with Gasteiger partial charge in [0.15, 0.2) is 0 Å². The van der Waals surface area contributed by atoms with Crippen LogP contribution in [0, 0.1) is 6.92 Å². The largest absolute Gasteiger partial charge is 0.379 e. The molecule has 1 saturated heterocycles. The number of rotatable bonds is 2. The molecule has 0 radical (unpaired) electrons. The highest BCUT2D eigenvalue weighted by molar-refractivity contribution is 5.13. The third-order valence-corrected chi connectivity index (χ3v) is 2.48. The van der Waals surface area contributed by atoms with Crippen molar-refractivity contribution < 1.29 is 4.74 Å². The average Bonchev–Trinajstić information content (AvgIpc) is 2.23. The lowest BCUT2D eigenvalue weighted by Crippen LogP contribution is -2.36. The van der Waals surface area contributed by atoms with Gasteiger partial charge >= 0.3 is 0 Å². The maximum absolute atomic E-state index is 5.29. The van der Waals surface area contributed by atoms with Crippen LogP contribution < -0.4 is 0 Å². The van der Waals surface area contributed by atoms with Gasteiger partial charge in [-0.2, -0.15) is 0 Å². The molecule has 0 saturated carbocycles. The summed E-state index contributed by atoms with van der Waals surface area (Å²) in [5.74, 6) is 0. The van der Waals surface area contributed by atoms with Crippen LogP contribution in [0.15, 0.2) is 12.5 Å². The zero-order valence-electron chi connectivity index (χ0n) is 8.44. The van der Waals surface area contributed by atoms with Gasteiger partial charge in [-0.15, -0.1) is 0 Å². The molecule has 1 aliphatic heterocycles. The molecule has 0 amide bonds. The van der Waals surface area contributed by atoms with Crippen LogP contribution in [0.3, 0.4) is 0 Å². The monoisotopic (exact) mass is 193 g/mol. The Morgan fingerprint density at radius 1 is 1.43 bits per heavy atom. The first kappa shape index (κ1) is 9.55. The van der Waals surface area contributed by atoms with Crippen molar-refractivity contribution in [1.82, 2.24) is 14.9 Å². The highest BCUT2D eigenvalue weighted by Crippen LogP contribution is 2.07. The second-order valence-electron chi connectivity index (χ2n) is 3.54. The Morgan fingerprint density at radius 2 is 2.21 bits per heavy atom. The minimum Gasteiger partial charge on any atom is -0.379 e. The minimum absolute atomic E-state index is 0.837. The second kappa shape index (κ2) is 4.48. The number of hydrogen-bond acceptors (Lipinski definition) is 4. The van der Waals surface area contributed by atoms with Gasteiger partial charge in [0.2, 0.25) is 0 Å². The number of aryl methyl sites for hydroxylation is 1. The van der Waals surface area contributed by atoms with Crippen LogP contribution in [-0.2, 0) is 11.3 Å². The summed E-state index contributed by atoms with van der Waals surface area (Å²) in [6.07, 6.45) is 3.48. The first-order valence-corrected chi connectivity index (χ1v) is 4.92. The van der Waals surface area contributed by atoms with E-state index < -0.39 is 0 Å². The average molecular weight is 193 g/mol. The van der Waals surface area contributed by atoms with Gasteiger partial charge in [-0.3, -0.25) is 4.90 Å². The standard InChI is InChI=1S/C10H15N3O/c1-9-6-11-8-12-10(9)7-13-2-4-14-5-3-13/h6,8H,2-5,7H2,1H3. The Morgan fingerprint density at radius 3 is 2.93 bits per heavy atom. The van der Waals surface area contributed by atoms with Crippen LogP contribution in [0.25, 0.3) is 0 Å². The fourth-order valence-electron chi connectivity index (χ4n) is 1.56. The zero-order chi connectivity index (χ0) is 9.80. The molecule has 0 N–H and O–H groups in total. The fraction of sp³-hybridized carbons (Fsp3) is 0.600. The Kier molecular flexibility index (Phi) is 3.06. The molecular formula is C10H15N3O. The van der Waals surface area contributed by atoms with Crippen molar-refractivity contribution in [3.05, 3.63) is 23.8 Å². The summed E-state index contributed by atoms with van der Waals surface area (Å²) < 4.78 is 5.29. The van der Waals surface area contributed by atoms with Gasteiger partial charge in [-0.25, -0.2) is 9.97 Å². The van der Waals surface area contributed by atoms with E-state index in [9.17, 15) is 0 Å². The first-order chi connectivity index (χ1) is 6.86. The van der Waals surface area contributed by atoms with E-state index in [-0.39, 0.29) is 0 Å². The molecule has 76 valence electrons. The van der Waals surface area contributed by atoms with E-state index in [1.807, 2.05) is 6.20 Å². The van der Waals surface area contributed by atoms with E-state index in [0.717, 1.165) is 38.5 Å². The normalized spacial score (nSPS) is 18.4. The first-order valence-electron chi connectivity index (χ1n) is 4.92. The lowest BCUT2D eigenvalue weighted by molar-refractivity contribution is 0.0335. The fourth-order valence-corrected chi connectivity index (χ4v) is 1.56. The number of morpholine rings is 1. The third-order valence-electron chi connectivity index (χ3n) is 2.48. The van der Waals surface area contributed by atoms with Crippen LogP contribution in [0.4, 0.5) is 0 Å². The van der Waals surface area contributed by atoms with Gasteiger partial charge in [0, 0.05) is 25.8 Å². The minimum atomic E-state index is 0.837. The molecule has 0 atom stereocenters. The van der Waals surface area contributed by atoms with Gasteiger partial charge in [-0.1, -0.05) is 0 Å². The van der Waals surface area contributed by atoms with Gasteiger partial charge in [0.1, 0.15) is 6.33 Å². The van der Waals surface area contributed by atoms with E-state index in [0.29, 0.717) is 0 Å².